The van der Waals surface area contributed by atoms with Crippen LogP contribution in [0.2, 0.25) is 0 Å². The molecule has 2 aromatic carbocycles. The summed E-state index contributed by atoms with van der Waals surface area (Å²) in [5.41, 5.74) is 3.33. The molecule has 28 heavy (non-hydrogen) atoms. The van der Waals surface area contributed by atoms with Crippen molar-refractivity contribution in [1.82, 2.24) is 0 Å². The second kappa shape index (κ2) is 8.31. The predicted molar refractivity (Wildman–Crippen MR) is 111 cm³/mol. The number of methoxy groups -OCH3 is 1. The van der Waals surface area contributed by atoms with Crippen LogP contribution >= 0.6 is 15.9 Å². The topological polar surface area (TPSA) is 80.6 Å². The lowest BCUT2D eigenvalue weighted by molar-refractivity contribution is 0.0994. The van der Waals surface area contributed by atoms with Crippen molar-refractivity contribution in [3.05, 3.63) is 75.7 Å². The van der Waals surface area contributed by atoms with E-state index in [4.69, 9.17) is 9.15 Å². The van der Waals surface area contributed by atoms with Crippen LogP contribution in [0.25, 0.3) is 0 Å². The predicted octanol–water partition coefficient (Wildman–Crippen LogP) is 5.17. The molecule has 0 bridgehead atoms. The molecule has 0 atom stereocenters. The molecule has 0 unspecified atom stereocenters. The Morgan fingerprint density at radius 1 is 1.00 bits per heavy atom. The fourth-order valence-corrected chi connectivity index (χ4v) is 3.41. The lowest BCUT2D eigenvalue weighted by Gasteiger charge is -2.14. The monoisotopic (exact) mass is 442 g/mol. The maximum absolute atomic E-state index is 12.7. The summed E-state index contributed by atoms with van der Waals surface area (Å²) in [7, 11) is 1.54. The highest BCUT2D eigenvalue weighted by Gasteiger charge is 2.16. The molecular formula is C21H19BrN2O4. The minimum absolute atomic E-state index is 0.230. The van der Waals surface area contributed by atoms with Crippen molar-refractivity contribution in [2.75, 3.05) is 17.7 Å². The summed E-state index contributed by atoms with van der Waals surface area (Å²) in [4.78, 5) is 24.9. The summed E-state index contributed by atoms with van der Waals surface area (Å²) in [5.74, 6) is 0.140. The molecule has 0 saturated carbocycles. The van der Waals surface area contributed by atoms with Crippen LogP contribution < -0.4 is 15.4 Å². The fourth-order valence-electron chi connectivity index (χ4n) is 2.84. The Kier molecular flexibility index (Phi) is 5.84. The molecule has 0 spiro atoms. The van der Waals surface area contributed by atoms with E-state index in [1.54, 1.807) is 36.4 Å². The van der Waals surface area contributed by atoms with Crippen LogP contribution in [-0.4, -0.2) is 18.9 Å². The van der Waals surface area contributed by atoms with Gasteiger partial charge in [0.1, 0.15) is 5.75 Å². The first-order valence-corrected chi connectivity index (χ1v) is 9.29. The number of halogens is 1. The molecule has 0 radical (unpaired) electrons. The Bertz CT molecular complexity index is 1030. The molecule has 3 aromatic rings. The number of rotatable bonds is 5. The van der Waals surface area contributed by atoms with Crippen LogP contribution in [0.4, 0.5) is 11.4 Å². The molecule has 0 aliphatic carbocycles. The number of ether oxygens (including phenoxy) is 1. The molecular weight excluding hydrogens is 424 g/mol. The average Bonchev–Trinajstić information content (AvgIpc) is 3.18. The molecule has 0 fully saturated rings. The van der Waals surface area contributed by atoms with Gasteiger partial charge in [0.15, 0.2) is 5.76 Å². The summed E-state index contributed by atoms with van der Waals surface area (Å²) in [6.07, 6.45) is 1.44. The average molecular weight is 443 g/mol. The van der Waals surface area contributed by atoms with Crippen LogP contribution in [0, 0.1) is 13.8 Å². The minimum Gasteiger partial charge on any atom is -0.496 e. The van der Waals surface area contributed by atoms with Crippen molar-refractivity contribution in [3.8, 4) is 5.75 Å². The Hall–Kier alpha value is -3.06. The zero-order valence-electron chi connectivity index (χ0n) is 15.6. The molecule has 0 aliphatic heterocycles. The maximum Gasteiger partial charge on any atom is 0.291 e. The lowest BCUT2D eigenvalue weighted by atomic mass is 10.1. The summed E-state index contributed by atoms with van der Waals surface area (Å²) >= 11 is 3.41. The highest BCUT2D eigenvalue weighted by atomic mass is 79.9. The molecule has 0 saturated heterocycles. The molecule has 0 aliphatic rings. The number of amides is 2. The molecule has 144 valence electrons. The van der Waals surface area contributed by atoms with Crippen molar-refractivity contribution in [3.63, 3.8) is 0 Å². The van der Waals surface area contributed by atoms with Crippen molar-refractivity contribution in [1.29, 1.82) is 0 Å². The van der Waals surface area contributed by atoms with E-state index in [0.717, 1.165) is 15.6 Å². The van der Waals surface area contributed by atoms with E-state index in [1.807, 2.05) is 19.9 Å². The van der Waals surface area contributed by atoms with E-state index in [2.05, 4.69) is 26.6 Å². The Morgan fingerprint density at radius 3 is 2.43 bits per heavy atom. The van der Waals surface area contributed by atoms with Gasteiger partial charge in [-0.25, -0.2) is 0 Å². The highest BCUT2D eigenvalue weighted by Crippen LogP contribution is 2.29. The van der Waals surface area contributed by atoms with Gasteiger partial charge in [-0.05, 0) is 67.4 Å². The molecule has 3 rings (SSSR count). The Balaban J connectivity index is 1.78. The third-order valence-corrected chi connectivity index (χ3v) is 4.62. The summed E-state index contributed by atoms with van der Waals surface area (Å²) in [6, 6.07) is 12.1. The molecule has 1 aromatic heterocycles. The van der Waals surface area contributed by atoms with E-state index >= 15 is 0 Å². The van der Waals surface area contributed by atoms with E-state index in [9.17, 15) is 9.59 Å². The van der Waals surface area contributed by atoms with Gasteiger partial charge < -0.3 is 19.8 Å². The number of hydrogen-bond acceptors (Lipinski definition) is 4. The third kappa shape index (κ3) is 4.26. The van der Waals surface area contributed by atoms with Gasteiger partial charge in [0, 0.05) is 15.8 Å². The number of nitrogens with one attached hydrogen (secondary N) is 2. The maximum atomic E-state index is 12.7. The van der Waals surface area contributed by atoms with Gasteiger partial charge >= 0.3 is 0 Å². The molecule has 2 amide bonds. The first kappa shape index (κ1) is 19.7. The number of carbonyl (C=O) groups is 2. The van der Waals surface area contributed by atoms with Gasteiger partial charge in [-0.3, -0.25) is 9.59 Å². The van der Waals surface area contributed by atoms with Crippen LogP contribution in [0.1, 0.15) is 32.0 Å². The first-order valence-electron chi connectivity index (χ1n) is 8.50. The van der Waals surface area contributed by atoms with Crippen molar-refractivity contribution in [2.45, 2.75) is 13.8 Å². The molecule has 2 N–H and O–H groups in total. The smallest absolute Gasteiger partial charge is 0.291 e. The lowest BCUT2D eigenvalue weighted by Crippen LogP contribution is -2.15. The van der Waals surface area contributed by atoms with Crippen LogP contribution in [0.15, 0.2) is 57.6 Å². The van der Waals surface area contributed by atoms with Gasteiger partial charge in [0.05, 0.1) is 18.9 Å². The Morgan fingerprint density at radius 2 is 1.79 bits per heavy atom. The van der Waals surface area contributed by atoms with Gasteiger partial charge in [-0.2, -0.15) is 0 Å². The fraction of sp³-hybridized carbons (Fsp3) is 0.143. The third-order valence-electron chi connectivity index (χ3n) is 4.17. The van der Waals surface area contributed by atoms with E-state index in [1.165, 1.54) is 13.4 Å². The van der Waals surface area contributed by atoms with Crippen molar-refractivity contribution in [2.24, 2.45) is 0 Å². The molecule has 1 heterocycles. The largest absolute Gasteiger partial charge is 0.496 e. The van der Waals surface area contributed by atoms with Gasteiger partial charge in [0.2, 0.25) is 0 Å². The second-order valence-corrected chi connectivity index (χ2v) is 7.13. The first-order chi connectivity index (χ1) is 13.4. The summed E-state index contributed by atoms with van der Waals surface area (Å²) < 4.78 is 11.3. The SMILES string of the molecule is COc1c(C)cc(Br)cc1C(=O)Nc1ccc(NC(=O)c2ccco2)c(C)c1. The number of carbonyl (C=O) groups excluding carboxylic acids is 2. The van der Waals surface area contributed by atoms with Crippen LogP contribution in [-0.2, 0) is 0 Å². The zero-order chi connectivity index (χ0) is 20.3. The zero-order valence-corrected chi connectivity index (χ0v) is 17.2. The van der Waals surface area contributed by atoms with Gasteiger partial charge in [-0.1, -0.05) is 15.9 Å². The number of furan rings is 1. The summed E-state index contributed by atoms with van der Waals surface area (Å²) in [6.45, 7) is 3.72. The normalized spacial score (nSPS) is 10.4. The number of aryl methyl sites for hydroxylation is 2. The van der Waals surface area contributed by atoms with Gasteiger partial charge in [-0.15, -0.1) is 0 Å². The minimum atomic E-state index is -0.334. The van der Waals surface area contributed by atoms with Crippen molar-refractivity contribution < 1.29 is 18.7 Å². The molecule has 6 nitrogen and oxygen atoms in total. The number of anilines is 2. The Labute approximate surface area is 171 Å². The second-order valence-electron chi connectivity index (χ2n) is 6.22. The standard InChI is InChI=1S/C21H19BrN2O4/c1-12-10-15(6-7-17(12)24-21(26)18-5-4-8-28-18)23-20(25)16-11-14(22)9-13(2)19(16)27-3/h4-11H,1-3H3,(H,23,25)(H,24,26). The molecule has 7 heteroatoms. The van der Waals surface area contributed by atoms with Crippen molar-refractivity contribution >= 4 is 39.1 Å². The van der Waals surface area contributed by atoms with E-state index in [-0.39, 0.29) is 17.6 Å². The van der Waals surface area contributed by atoms with Gasteiger partial charge in [0.25, 0.3) is 11.8 Å². The summed E-state index contributed by atoms with van der Waals surface area (Å²) in [5, 5.41) is 5.65. The van der Waals surface area contributed by atoms with Crippen LogP contribution in [0.3, 0.4) is 0 Å². The quantitative estimate of drug-likeness (QED) is 0.570. The van der Waals surface area contributed by atoms with E-state index < -0.39 is 0 Å². The van der Waals surface area contributed by atoms with E-state index in [0.29, 0.717) is 22.7 Å². The van der Waals surface area contributed by atoms with Crippen LogP contribution in [0.5, 0.6) is 5.75 Å². The highest BCUT2D eigenvalue weighted by molar-refractivity contribution is 9.10. The number of benzene rings is 2. The number of hydrogen-bond donors (Lipinski definition) is 2.